The second kappa shape index (κ2) is 5.17. The van der Waals surface area contributed by atoms with E-state index in [0.717, 1.165) is 31.2 Å². The summed E-state index contributed by atoms with van der Waals surface area (Å²) in [6.45, 7) is 9.02. The molecule has 1 aliphatic rings. The highest BCUT2D eigenvalue weighted by Crippen LogP contribution is 2.35. The van der Waals surface area contributed by atoms with E-state index in [0.29, 0.717) is 11.2 Å². The third kappa shape index (κ3) is 2.95. The van der Waals surface area contributed by atoms with E-state index < -0.39 is 0 Å². The van der Waals surface area contributed by atoms with Gasteiger partial charge in [0.05, 0.1) is 0 Å². The van der Waals surface area contributed by atoms with Crippen LogP contribution in [0.1, 0.15) is 50.6 Å². The minimum atomic E-state index is 0.382. The summed E-state index contributed by atoms with van der Waals surface area (Å²) in [5.41, 5.74) is 0.382. The van der Waals surface area contributed by atoms with Crippen LogP contribution in [0.2, 0.25) is 0 Å². The molecule has 0 aliphatic carbocycles. The van der Waals surface area contributed by atoms with Gasteiger partial charge in [0, 0.05) is 19.2 Å². The average molecular weight is 249 g/mol. The van der Waals surface area contributed by atoms with Crippen LogP contribution in [-0.2, 0) is 0 Å². The standard InChI is InChI=1S/C15H23NO2/c1-15(2,3)12-5-4-9-16(10-8-12)14-7-6-13(11-17)18-14/h6-7,11-12H,4-5,8-10H2,1-3H3. The summed E-state index contributed by atoms with van der Waals surface area (Å²) < 4.78 is 5.51. The molecule has 1 unspecified atom stereocenters. The molecule has 2 rings (SSSR count). The number of rotatable bonds is 2. The molecule has 1 saturated heterocycles. The fraction of sp³-hybridized carbons (Fsp3) is 0.667. The van der Waals surface area contributed by atoms with Crippen LogP contribution in [-0.4, -0.2) is 19.4 Å². The van der Waals surface area contributed by atoms with Crippen molar-refractivity contribution in [1.82, 2.24) is 0 Å². The maximum atomic E-state index is 10.6. The second-order valence-electron chi connectivity index (χ2n) is 6.27. The van der Waals surface area contributed by atoms with Crippen molar-refractivity contribution in [2.24, 2.45) is 11.3 Å². The van der Waals surface area contributed by atoms with Crippen molar-refractivity contribution in [3.05, 3.63) is 17.9 Å². The molecule has 0 aromatic carbocycles. The number of nitrogens with zero attached hydrogens (tertiary/aromatic N) is 1. The number of hydrogen-bond acceptors (Lipinski definition) is 3. The molecule has 100 valence electrons. The molecule has 1 fully saturated rings. The summed E-state index contributed by atoms with van der Waals surface area (Å²) in [5, 5.41) is 0. The molecule has 3 heteroatoms. The Morgan fingerprint density at radius 1 is 1.28 bits per heavy atom. The lowest BCUT2D eigenvalue weighted by Gasteiger charge is -2.29. The fourth-order valence-electron chi connectivity index (χ4n) is 2.76. The molecule has 18 heavy (non-hydrogen) atoms. The van der Waals surface area contributed by atoms with Crippen molar-refractivity contribution >= 4 is 12.2 Å². The number of aldehydes is 1. The van der Waals surface area contributed by atoms with E-state index in [9.17, 15) is 4.79 Å². The van der Waals surface area contributed by atoms with E-state index >= 15 is 0 Å². The van der Waals surface area contributed by atoms with Crippen molar-refractivity contribution in [3.8, 4) is 0 Å². The van der Waals surface area contributed by atoms with E-state index in [4.69, 9.17) is 4.42 Å². The van der Waals surface area contributed by atoms with Crippen LogP contribution in [0.4, 0.5) is 5.88 Å². The van der Waals surface area contributed by atoms with E-state index in [1.54, 1.807) is 6.07 Å². The van der Waals surface area contributed by atoms with Crippen molar-refractivity contribution in [2.45, 2.75) is 40.0 Å². The first-order valence-corrected chi connectivity index (χ1v) is 6.80. The number of carbonyl (C=O) groups excluding carboxylic acids is 1. The zero-order valence-corrected chi connectivity index (χ0v) is 11.6. The van der Waals surface area contributed by atoms with Gasteiger partial charge < -0.3 is 9.32 Å². The maximum Gasteiger partial charge on any atom is 0.196 e. The Hall–Kier alpha value is -1.25. The van der Waals surface area contributed by atoms with Crippen LogP contribution in [0.3, 0.4) is 0 Å². The molecule has 1 aromatic rings. The molecule has 0 bridgehead atoms. The lowest BCUT2D eigenvalue weighted by Crippen LogP contribution is -2.25. The Balaban J connectivity index is 2.02. The quantitative estimate of drug-likeness (QED) is 0.748. The lowest BCUT2D eigenvalue weighted by molar-refractivity contribution is 0.110. The molecule has 2 heterocycles. The summed E-state index contributed by atoms with van der Waals surface area (Å²) in [7, 11) is 0. The van der Waals surface area contributed by atoms with Crippen molar-refractivity contribution in [3.63, 3.8) is 0 Å². The van der Waals surface area contributed by atoms with Crippen molar-refractivity contribution < 1.29 is 9.21 Å². The maximum absolute atomic E-state index is 10.6. The summed E-state index contributed by atoms with van der Waals surface area (Å²) in [4.78, 5) is 12.9. The third-order valence-corrected chi connectivity index (χ3v) is 3.99. The highest BCUT2D eigenvalue weighted by Gasteiger charge is 2.27. The SMILES string of the molecule is CC(C)(C)C1CCCN(c2ccc(C=O)o2)CC1. The second-order valence-corrected chi connectivity index (χ2v) is 6.27. The Morgan fingerprint density at radius 3 is 2.67 bits per heavy atom. The van der Waals surface area contributed by atoms with E-state index in [1.165, 1.54) is 19.3 Å². The summed E-state index contributed by atoms with van der Waals surface area (Å²) in [6, 6.07) is 3.65. The zero-order chi connectivity index (χ0) is 13.2. The molecule has 1 atom stereocenters. The molecular weight excluding hydrogens is 226 g/mol. The normalized spacial score (nSPS) is 21.7. The Labute approximate surface area is 109 Å². The van der Waals surface area contributed by atoms with Gasteiger partial charge in [0.1, 0.15) is 0 Å². The lowest BCUT2D eigenvalue weighted by atomic mass is 9.77. The summed E-state index contributed by atoms with van der Waals surface area (Å²) >= 11 is 0. The number of anilines is 1. The van der Waals surface area contributed by atoms with Crippen LogP contribution in [0.15, 0.2) is 16.5 Å². The Bertz CT molecular complexity index is 403. The van der Waals surface area contributed by atoms with Crippen LogP contribution in [0.5, 0.6) is 0 Å². The zero-order valence-electron chi connectivity index (χ0n) is 11.6. The molecule has 0 N–H and O–H groups in total. The molecule has 0 saturated carbocycles. The molecule has 0 amide bonds. The monoisotopic (exact) mass is 249 g/mol. The van der Waals surface area contributed by atoms with Crippen LogP contribution in [0.25, 0.3) is 0 Å². The smallest absolute Gasteiger partial charge is 0.196 e. The topological polar surface area (TPSA) is 33.5 Å². The van der Waals surface area contributed by atoms with Gasteiger partial charge in [-0.05, 0) is 36.7 Å². The molecule has 1 aromatic heterocycles. The van der Waals surface area contributed by atoms with Crippen molar-refractivity contribution in [1.29, 1.82) is 0 Å². The van der Waals surface area contributed by atoms with E-state index in [1.807, 2.05) is 6.07 Å². The highest BCUT2D eigenvalue weighted by atomic mass is 16.4. The van der Waals surface area contributed by atoms with Crippen LogP contribution in [0, 0.1) is 11.3 Å². The molecule has 0 spiro atoms. The molecule has 1 aliphatic heterocycles. The molecular formula is C15H23NO2. The number of carbonyl (C=O) groups is 1. The van der Waals surface area contributed by atoms with Gasteiger partial charge in [-0.1, -0.05) is 20.8 Å². The van der Waals surface area contributed by atoms with Gasteiger partial charge in [-0.25, -0.2) is 0 Å². The van der Waals surface area contributed by atoms with Gasteiger partial charge in [-0.3, -0.25) is 4.79 Å². The minimum Gasteiger partial charge on any atom is -0.438 e. The summed E-state index contributed by atoms with van der Waals surface area (Å²) in [6.07, 6.45) is 4.43. The molecule has 3 nitrogen and oxygen atoms in total. The predicted molar refractivity (Wildman–Crippen MR) is 73.1 cm³/mol. The van der Waals surface area contributed by atoms with Gasteiger partial charge in [-0.2, -0.15) is 0 Å². The number of hydrogen-bond donors (Lipinski definition) is 0. The van der Waals surface area contributed by atoms with E-state index in [2.05, 4.69) is 25.7 Å². The van der Waals surface area contributed by atoms with Gasteiger partial charge in [-0.15, -0.1) is 0 Å². The van der Waals surface area contributed by atoms with Crippen LogP contribution < -0.4 is 4.90 Å². The third-order valence-electron chi connectivity index (χ3n) is 3.99. The predicted octanol–water partition coefficient (Wildman–Crippen LogP) is 3.74. The molecule has 0 radical (unpaired) electrons. The number of furan rings is 1. The largest absolute Gasteiger partial charge is 0.438 e. The van der Waals surface area contributed by atoms with Gasteiger partial charge >= 0.3 is 0 Å². The fourth-order valence-corrected chi connectivity index (χ4v) is 2.76. The first kappa shape index (κ1) is 13.2. The van der Waals surface area contributed by atoms with Crippen LogP contribution >= 0.6 is 0 Å². The first-order valence-electron chi connectivity index (χ1n) is 6.80. The highest BCUT2D eigenvalue weighted by molar-refractivity contribution is 5.71. The van der Waals surface area contributed by atoms with Gasteiger partial charge in [0.2, 0.25) is 0 Å². The van der Waals surface area contributed by atoms with Gasteiger partial charge in [0.25, 0.3) is 0 Å². The summed E-state index contributed by atoms with van der Waals surface area (Å²) in [5.74, 6) is 2.02. The average Bonchev–Trinajstić information content (AvgIpc) is 2.64. The van der Waals surface area contributed by atoms with E-state index in [-0.39, 0.29) is 0 Å². The van der Waals surface area contributed by atoms with Gasteiger partial charge in [0.15, 0.2) is 17.9 Å². The Morgan fingerprint density at radius 2 is 2.06 bits per heavy atom. The van der Waals surface area contributed by atoms with Crippen molar-refractivity contribution in [2.75, 3.05) is 18.0 Å². The minimum absolute atomic E-state index is 0.382. The Kier molecular flexibility index (Phi) is 3.79. The first-order chi connectivity index (χ1) is 8.50.